The highest BCUT2D eigenvalue weighted by Gasteiger charge is 2.32. The van der Waals surface area contributed by atoms with Gasteiger partial charge in [-0.15, -0.1) is 0 Å². The average molecular weight is 541 g/mol. The fourth-order valence-electron chi connectivity index (χ4n) is 3.37. The molecule has 0 aliphatic heterocycles. The Bertz CT molecular complexity index is 1220. The molecule has 0 aliphatic rings. The molecule has 1 N–H and O–H groups in total. The highest BCUT2D eigenvalue weighted by Crippen LogP contribution is 2.34. The number of amides is 2. The molecule has 0 aromatic heterocycles. The quantitative estimate of drug-likeness (QED) is 0.322. The number of non-ortho nitro benzene ring substituents is 1. The minimum Gasteiger partial charge on any atom is -0.495 e. The molecule has 2 amide bonds. The summed E-state index contributed by atoms with van der Waals surface area (Å²) < 4.78 is 31.4. The predicted octanol–water partition coefficient (Wildman–Crippen LogP) is 2.97. The molecule has 13 heteroatoms. The molecule has 0 fully saturated rings. The first-order chi connectivity index (χ1) is 16.9. The lowest BCUT2D eigenvalue weighted by Gasteiger charge is -2.32. The number of rotatable bonds is 12. The van der Waals surface area contributed by atoms with E-state index in [-0.39, 0.29) is 23.7 Å². The number of methoxy groups -OCH3 is 1. The normalized spacial score (nSPS) is 11.9. The van der Waals surface area contributed by atoms with Gasteiger partial charge in [-0.25, -0.2) is 8.42 Å². The van der Waals surface area contributed by atoms with Gasteiger partial charge < -0.3 is 15.0 Å². The zero-order valence-corrected chi connectivity index (χ0v) is 22.0. The summed E-state index contributed by atoms with van der Waals surface area (Å²) in [4.78, 5) is 38.1. The lowest BCUT2D eigenvalue weighted by atomic mass is 10.1. The van der Waals surface area contributed by atoms with Crippen LogP contribution >= 0.6 is 11.6 Å². The number of ether oxygens (including phenoxy) is 1. The lowest BCUT2D eigenvalue weighted by molar-refractivity contribution is -0.384. The molecule has 1 atom stereocenters. The van der Waals surface area contributed by atoms with Gasteiger partial charge in [0.05, 0.1) is 18.3 Å². The van der Waals surface area contributed by atoms with Crippen LogP contribution in [0.3, 0.4) is 0 Å². The van der Waals surface area contributed by atoms with Crippen LogP contribution in [0, 0.1) is 10.1 Å². The molecule has 11 nitrogen and oxygen atoms in total. The van der Waals surface area contributed by atoms with Crippen molar-refractivity contribution in [2.75, 3.05) is 30.8 Å². The van der Waals surface area contributed by atoms with Crippen molar-refractivity contribution >= 4 is 44.8 Å². The lowest BCUT2D eigenvalue weighted by Crippen LogP contribution is -2.51. The van der Waals surface area contributed by atoms with E-state index in [1.54, 1.807) is 24.3 Å². The van der Waals surface area contributed by atoms with E-state index in [0.717, 1.165) is 22.7 Å². The highest BCUT2D eigenvalue weighted by molar-refractivity contribution is 7.92. The minimum absolute atomic E-state index is 0.0187. The van der Waals surface area contributed by atoms with Gasteiger partial charge in [0.15, 0.2) is 0 Å². The topological polar surface area (TPSA) is 139 Å². The van der Waals surface area contributed by atoms with E-state index in [4.69, 9.17) is 16.3 Å². The van der Waals surface area contributed by atoms with E-state index < -0.39 is 39.3 Å². The third kappa shape index (κ3) is 7.31. The van der Waals surface area contributed by atoms with Crippen molar-refractivity contribution in [3.05, 3.63) is 63.2 Å². The molecule has 1 unspecified atom stereocenters. The van der Waals surface area contributed by atoms with Crippen LogP contribution in [0.5, 0.6) is 5.75 Å². The van der Waals surface area contributed by atoms with Crippen LogP contribution < -0.4 is 14.4 Å². The number of anilines is 1. The SMILES string of the molecule is CCCNC(=O)C(C)N(Cc1ccccc1Cl)C(=O)CN(c1cc([N+](=O)[O-])ccc1OC)S(C)(=O)=O. The summed E-state index contributed by atoms with van der Waals surface area (Å²) in [7, 11) is -2.83. The largest absolute Gasteiger partial charge is 0.495 e. The number of carbonyl (C=O) groups excluding carboxylic acids is 2. The predicted molar refractivity (Wildman–Crippen MR) is 137 cm³/mol. The van der Waals surface area contributed by atoms with Crippen molar-refractivity contribution in [3.8, 4) is 5.75 Å². The average Bonchev–Trinajstić information content (AvgIpc) is 2.83. The molecule has 0 saturated carbocycles. The number of hydrogen-bond acceptors (Lipinski definition) is 7. The van der Waals surface area contributed by atoms with Gasteiger partial charge in [0.1, 0.15) is 24.0 Å². The summed E-state index contributed by atoms with van der Waals surface area (Å²) in [5.41, 5.74) is -0.00282. The number of nitrogens with zero attached hydrogens (tertiary/aromatic N) is 3. The third-order valence-electron chi connectivity index (χ3n) is 5.34. The number of nitrogens with one attached hydrogen (secondary N) is 1. The third-order valence-corrected chi connectivity index (χ3v) is 6.83. The second-order valence-corrected chi connectivity index (χ2v) is 10.3. The van der Waals surface area contributed by atoms with Gasteiger partial charge in [0, 0.05) is 30.2 Å². The fraction of sp³-hybridized carbons (Fsp3) is 0.391. The first-order valence-electron chi connectivity index (χ1n) is 11.0. The summed E-state index contributed by atoms with van der Waals surface area (Å²) in [6.45, 7) is 3.01. The Balaban J connectivity index is 2.51. The number of halogens is 1. The molecule has 0 spiro atoms. The van der Waals surface area contributed by atoms with Gasteiger partial charge in [-0.2, -0.15) is 0 Å². The molecule has 2 rings (SSSR count). The molecule has 0 aliphatic carbocycles. The van der Waals surface area contributed by atoms with Crippen LogP contribution in [-0.2, 0) is 26.2 Å². The molecule has 36 heavy (non-hydrogen) atoms. The Hall–Kier alpha value is -3.38. The van der Waals surface area contributed by atoms with E-state index in [1.165, 1.54) is 25.0 Å². The summed E-state index contributed by atoms with van der Waals surface area (Å²) in [5, 5.41) is 14.4. The first kappa shape index (κ1) is 28.9. The monoisotopic (exact) mass is 540 g/mol. The summed E-state index contributed by atoms with van der Waals surface area (Å²) >= 11 is 6.28. The van der Waals surface area contributed by atoms with Gasteiger partial charge in [0.25, 0.3) is 5.69 Å². The number of nitro groups is 1. The molecule has 196 valence electrons. The molecule has 2 aromatic carbocycles. The Labute approximate surface area is 215 Å². The zero-order valence-electron chi connectivity index (χ0n) is 20.4. The number of nitro benzene ring substituents is 1. The Morgan fingerprint density at radius 2 is 1.89 bits per heavy atom. The van der Waals surface area contributed by atoms with E-state index in [1.807, 2.05) is 6.92 Å². The maximum absolute atomic E-state index is 13.5. The highest BCUT2D eigenvalue weighted by atomic mass is 35.5. The first-order valence-corrected chi connectivity index (χ1v) is 13.2. The fourth-order valence-corrected chi connectivity index (χ4v) is 4.41. The Morgan fingerprint density at radius 1 is 1.22 bits per heavy atom. The Morgan fingerprint density at radius 3 is 2.44 bits per heavy atom. The van der Waals surface area contributed by atoms with Gasteiger partial charge in [-0.1, -0.05) is 36.7 Å². The molecule has 2 aromatic rings. The van der Waals surface area contributed by atoms with E-state index >= 15 is 0 Å². The molecular weight excluding hydrogens is 512 g/mol. The van der Waals surface area contributed by atoms with Gasteiger partial charge in [-0.3, -0.25) is 24.0 Å². The maximum Gasteiger partial charge on any atom is 0.271 e. The van der Waals surface area contributed by atoms with Gasteiger partial charge >= 0.3 is 0 Å². The van der Waals surface area contributed by atoms with Crippen LogP contribution in [-0.4, -0.2) is 62.6 Å². The summed E-state index contributed by atoms with van der Waals surface area (Å²) in [6, 6.07) is 9.23. The number of carbonyl (C=O) groups is 2. The maximum atomic E-state index is 13.5. The Kier molecular flexibility index (Phi) is 10.1. The number of hydrogen-bond donors (Lipinski definition) is 1. The molecule has 0 heterocycles. The van der Waals surface area contributed by atoms with Gasteiger partial charge in [0.2, 0.25) is 21.8 Å². The molecular formula is C23H29ClN4O7S. The van der Waals surface area contributed by atoms with Crippen molar-refractivity contribution in [2.24, 2.45) is 0 Å². The van der Waals surface area contributed by atoms with Crippen molar-refractivity contribution < 1.29 is 27.7 Å². The van der Waals surface area contributed by atoms with E-state index in [0.29, 0.717) is 23.6 Å². The zero-order chi connectivity index (χ0) is 27.0. The summed E-state index contributed by atoms with van der Waals surface area (Å²) in [5.74, 6) is -1.12. The van der Waals surface area contributed by atoms with Crippen LogP contribution in [0.2, 0.25) is 5.02 Å². The standard InChI is InChI=1S/C23H29ClN4O7S/c1-5-12-25-23(30)16(2)26(14-17-8-6-7-9-19(17)24)22(29)15-27(36(4,33)34)20-13-18(28(31)32)10-11-21(20)35-3/h6-11,13,16H,5,12,14-15H2,1-4H3,(H,25,30). The van der Waals surface area contributed by atoms with Crippen LogP contribution in [0.15, 0.2) is 42.5 Å². The second-order valence-electron chi connectivity index (χ2n) is 7.96. The van der Waals surface area contributed by atoms with E-state index in [2.05, 4.69) is 5.32 Å². The van der Waals surface area contributed by atoms with Crippen LogP contribution in [0.1, 0.15) is 25.8 Å². The smallest absolute Gasteiger partial charge is 0.271 e. The number of benzene rings is 2. The van der Waals surface area contributed by atoms with Gasteiger partial charge in [-0.05, 0) is 31.0 Å². The van der Waals surface area contributed by atoms with Crippen molar-refractivity contribution in [3.63, 3.8) is 0 Å². The van der Waals surface area contributed by atoms with E-state index in [9.17, 15) is 28.1 Å². The van der Waals surface area contributed by atoms with Crippen molar-refractivity contribution in [2.45, 2.75) is 32.9 Å². The number of sulfonamides is 1. The second kappa shape index (κ2) is 12.5. The van der Waals surface area contributed by atoms with Crippen LogP contribution in [0.25, 0.3) is 0 Å². The van der Waals surface area contributed by atoms with Crippen LogP contribution in [0.4, 0.5) is 11.4 Å². The van der Waals surface area contributed by atoms with Crippen molar-refractivity contribution in [1.82, 2.24) is 10.2 Å². The molecule has 0 radical (unpaired) electrons. The minimum atomic E-state index is -4.11. The molecule has 0 saturated heterocycles. The van der Waals surface area contributed by atoms with Crippen molar-refractivity contribution in [1.29, 1.82) is 0 Å². The molecule has 0 bridgehead atoms. The summed E-state index contributed by atoms with van der Waals surface area (Å²) in [6.07, 6.45) is 1.56.